The molecule has 3 heteroatoms. The van der Waals surface area contributed by atoms with Crippen LogP contribution in [0.2, 0.25) is 0 Å². The first kappa shape index (κ1) is 15.7. The van der Waals surface area contributed by atoms with Crippen molar-refractivity contribution in [3.8, 4) is 0 Å². The van der Waals surface area contributed by atoms with E-state index >= 15 is 0 Å². The summed E-state index contributed by atoms with van der Waals surface area (Å²) in [5.74, 6) is -0.0963. The summed E-state index contributed by atoms with van der Waals surface area (Å²) < 4.78 is 4.60. The first-order valence-electron chi connectivity index (χ1n) is 7.14. The molecule has 0 heterocycles. The molecule has 3 nitrogen and oxygen atoms in total. The number of carbonyl (C=O) groups is 1. The fourth-order valence-corrected chi connectivity index (χ4v) is 1.98. The summed E-state index contributed by atoms with van der Waals surface area (Å²) in [6.07, 6.45) is 6.04. The van der Waals surface area contributed by atoms with Crippen LogP contribution in [-0.4, -0.2) is 26.2 Å². The highest BCUT2D eigenvalue weighted by molar-refractivity contribution is 5.68. The van der Waals surface area contributed by atoms with E-state index in [1.807, 2.05) is 6.07 Å². The van der Waals surface area contributed by atoms with Crippen LogP contribution >= 0.6 is 0 Å². The number of hydrogen-bond acceptors (Lipinski definition) is 3. The van der Waals surface area contributed by atoms with Crippen LogP contribution in [0, 0.1) is 0 Å². The molecule has 0 saturated heterocycles. The number of ether oxygens (including phenoxy) is 1. The molecule has 1 rings (SSSR count). The van der Waals surface area contributed by atoms with Gasteiger partial charge in [-0.05, 0) is 37.9 Å². The summed E-state index contributed by atoms with van der Waals surface area (Å²) in [6, 6.07) is 10.5. The van der Waals surface area contributed by atoms with Crippen molar-refractivity contribution in [1.82, 2.24) is 5.32 Å². The maximum absolute atomic E-state index is 10.9. The van der Waals surface area contributed by atoms with Crippen molar-refractivity contribution >= 4 is 5.97 Å². The van der Waals surface area contributed by atoms with E-state index in [0.717, 1.165) is 32.4 Å². The molecule has 0 aromatic heterocycles. The molecule has 0 atom stereocenters. The molecular formula is C16H25NO2. The van der Waals surface area contributed by atoms with Crippen molar-refractivity contribution in [3.63, 3.8) is 0 Å². The molecule has 1 aromatic carbocycles. The molecular weight excluding hydrogens is 238 g/mol. The van der Waals surface area contributed by atoms with E-state index in [1.165, 1.54) is 25.5 Å². The lowest BCUT2D eigenvalue weighted by molar-refractivity contribution is -0.140. The zero-order chi connectivity index (χ0) is 13.8. The van der Waals surface area contributed by atoms with Crippen LogP contribution in [-0.2, 0) is 16.0 Å². The highest BCUT2D eigenvalue weighted by Crippen LogP contribution is 2.03. The third kappa shape index (κ3) is 8.38. The van der Waals surface area contributed by atoms with E-state index < -0.39 is 0 Å². The smallest absolute Gasteiger partial charge is 0.305 e. The summed E-state index contributed by atoms with van der Waals surface area (Å²) in [5, 5.41) is 3.45. The number of benzene rings is 1. The van der Waals surface area contributed by atoms with E-state index in [1.54, 1.807) is 0 Å². The molecule has 0 unspecified atom stereocenters. The average Bonchev–Trinajstić information content (AvgIpc) is 2.46. The molecule has 0 aliphatic heterocycles. The van der Waals surface area contributed by atoms with Crippen molar-refractivity contribution in [1.29, 1.82) is 0 Å². The fourth-order valence-electron chi connectivity index (χ4n) is 1.98. The van der Waals surface area contributed by atoms with Crippen LogP contribution < -0.4 is 5.32 Å². The molecule has 0 spiro atoms. The maximum atomic E-state index is 10.9. The van der Waals surface area contributed by atoms with Crippen LogP contribution in [0.4, 0.5) is 0 Å². The molecule has 0 fully saturated rings. The SMILES string of the molecule is COC(=O)CCCCCCNCCc1ccccc1. The van der Waals surface area contributed by atoms with Gasteiger partial charge in [0.25, 0.3) is 0 Å². The Bertz CT molecular complexity index is 338. The first-order valence-corrected chi connectivity index (χ1v) is 7.14. The second kappa shape index (κ2) is 10.6. The Morgan fingerprint density at radius 1 is 1.05 bits per heavy atom. The van der Waals surface area contributed by atoms with E-state index in [-0.39, 0.29) is 5.97 Å². The second-order valence-electron chi connectivity index (χ2n) is 4.73. The van der Waals surface area contributed by atoms with Gasteiger partial charge in [0.05, 0.1) is 7.11 Å². The standard InChI is InChI=1S/C16H25NO2/c1-19-16(18)11-7-2-3-8-13-17-14-12-15-9-5-4-6-10-15/h4-6,9-10,17H,2-3,7-8,11-14H2,1H3. The zero-order valence-corrected chi connectivity index (χ0v) is 11.9. The number of esters is 1. The van der Waals surface area contributed by atoms with E-state index in [0.29, 0.717) is 6.42 Å². The second-order valence-corrected chi connectivity index (χ2v) is 4.73. The number of unbranched alkanes of at least 4 members (excludes halogenated alkanes) is 3. The molecule has 0 bridgehead atoms. The van der Waals surface area contributed by atoms with Gasteiger partial charge in [-0.3, -0.25) is 4.79 Å². The van der Waals surface area contributed by atoms with Crippen LogP contribution in [0.1, 0.15) is 37.7 Å². The minimum Gasteiger partial charge on any atom is -0.469 e. The van der Waals surface area contributed by atoms with Crippen LogP contribution in [0.5, 0.6) is 0 Å². The van der Waals surface area contributed by atoms with Crippen molar-refractivity contribution in [2.75, 3.05) is 20.2 Å². The third-order valence-electron chi connectivity index (χ3n) is 3.15. The lowest BCUT2D eigenvalue weighted by Gasteiger charge is -2.05. The molecule has 19 heavy (non-hydrogen) atoms. The zero-order valence-electron chi connectivity index (χ0n) is 11.9. The van der Waals surface area contributed by atoms with Crippen LogP contribution in [0.25, 0.3) is 0 Å². The quantitative estimate of drug-likeness (QED) is 0.521. The summed E-state index contributed by atoms with van der Waals surface area (Å²) in [4.78, 5) is 10.9. The maximum Gasteiger partial charge on any atom is 0.305 e. The van der Waals surface area contributed by atoms with Gasteiger partial charge < -0.3 is 10.1 Å². The van der Waals surface area contributed by atoms with Gasteiger partial charge in [0.15, 0.2) is 0 Å². The molecule has 106 valence electrons. The summed E-state index contributed by atoms with van der Waals surface area (Å²) >= 11 is 0. The Kier molecular flexibility index (Phi) is 8.73. The third-order valence-corrected chi connectivity index (χ3v) is 3.15. The lowest BCUT2D eigenvalue weighted by Crippen LogP contribution is -2.18. The minimum atomic E-state index is -0.0963. The molecule has 1 N–H and O–H groups in total. The van der Waals surface area contributed by atoms with Crippen molar-refractivity contribution in [3.05, 3.63) is 35.9 Å². The van der Waals surface area contributed by atoms with E-state index in [2.05, 4.69) is 34.3 Å². The van der Waals surface area contributed by atoms with Crippen LogP contribution in [0.3, 0.4) is 0 Å². The Hall–Kier alpha value is -1.35. The van der Waals surface area contributed by atoms with Gasteiger partial charge in [-0.25, -0.2) is 0 Å². The average molecular weight is 263 g/mol. The number of hydrogen-bond donors (Lipinski definition) is 1. The number of methoxy groups -OCH3 is 1. The highest BCUT2D eigenvalue weighted by atomic mass is 16.5. The van der Waals surface area contributed by atoms with Gasteiger partial charge in [0.2, 0.25) is 0 Å². The Morgan fingerprint density at radius 3 is 2.53 bits per heavy atom. The van der Waals surface area contributed by atoms with Gasteiger partial charge in [-0.15, -0.1) is 0 Å². The molecule has 0 saturated carbocycles. The molecule has 0 radical (unpaired) electrons. The van der Waals surface area contributed by atoms with Crippen molar-refractivity contribution in [2.24, 2.45) is 0 Å². The monoisotopic (exact) mass is 263 g/mol. The van der Waals surface area contributed by atoms with Gasteiger partial charge in [-0.1, -0.05) is 43.2 Å². The Morgan fingerprint density at radius 2 is 1.79 bits per heavy atom. The lowest BCUT2D eigenvalue weighted by atomic mass is 10.1. The Balaban J connectivity index is 1.85. The highest BCUT2D eigenvalue weighted by Gasteiger charge is 1.98. The van der Waals surface area contributed by atoms with Gasteiger partial charge in [0, 0.05) is 6.42 Å². The fraction of sp³-hybridized carbons (Fsp3) is 0.562. The van der Waals surface area contributed by atoms with Gasteiger partial charge in [0.1, 0.15) is 0 Å². The Labute approximate surface area is 116 Å². The first-order chi connectivity index (χ1) is 9.33. The van der Waals surface area contributed by atoms with Crippen molar-refractivity contribution in [2.45, 2.75) is 38.5 Å². The van der Waals surface area contributed by atoms with Crippen molar-refractivity contribution < 1.29 is 9.53 Å². The number of carbonyl (C=O) groups excluding carboxylic acids is 1. The molecule has 1 aromatic rings. The summed E-state index contributed by atoms with van der Waals surface area (Å²) in [5.41, 5.74) is 1.38. The van der Waals surface area contributed by atoms with E-state index in [4.69, 9.17) is 0 Å². The molecule has 0 amide bonds. The van der Waals surface area contributed by atoms with Crippen LogP contribution in [0.15, 0.2) is 30.3 Å². The van der Waals surface area contributed by atoms with Gasteiger partial charge in [-0.2, -0.15) is 0 Å². The largest absolute Gasteiger partial charge is 0.469 e. The minimum absolute atomic E-state index is 0.0963. The van der Waals surface area contributed by atoms with Gasteiger partial charge >= 0.3 is 5.97 Å². The summed E-state index contributed by atoms with van der Waals surface area (Å²) in [7, 11) is 1.44. The topological polar surface area (TPSA) is 38.3 Å². The number of nitrogens with one attached hydrogen (secondary N) is 1. The number of rotatable bonds is 10. The normalized spacial score (nSPS) is 10.4. The molecule has 0 aliphatic rings. The molecule has 0 aliphatic carbocycles. The van der Waals surface area contributed by atoms with E-state index in [9.17, 15) is 4.79 Å². The predicted octanol–water partition coefficient (Wildman–Crippen LogP) is 2.94. The summed E-state index contributed by atoms with van der Waals surface area (Å²) in [6.45, 7) is 2.09. The predicted molar refractivity (Wildman–Crippen MR) is 78.1 cm³/mol.